The van der Waals surface area contributed by atoms with Crippen molar-refractivity contribution in [3.05, 3.63) is 35.4 Å². The summed E-state index contributed by atoms with van der Waals surface area (Å²) in [6, 6.07) is 2.68. The summed E-state index contributed by atoms with van der Waals surface area (Å²) >= 11 is 5.68. The molecule has 0 heterocycles. The van der Waals surface area contributed by atoms with Gasteiger partial charge in [-0.3, -0.25) is 4.79 Å². The van der Waals surface area contributed by atoms with E-state index in [4.69, 9.17) is 17.3 Å². The first-order chi connectivity index (χ1) is 11.0. The van der Waals surface area contributed by atoms with Crippen molar-refractivity contribution in [2.45, 2.75) is 35.2 Å². The summed E-state index contributed by atoms with van der Waals surface area (Å²) in [6.07, 6.45) is -12.8. The summed E-state index contributed by atoms with van der Waals surface area (Å²) in [5.41, 5.74) is 1.82. The van der Waals surface area contributed by atoms with E-state index in [1.165, 1.54) is 0 Å². The number of alkyl halides is 7. The van der Waals surface area contributed by atoms with Gasteiger partial charge in [-0.05, 0) is 13.0 Å². The van der Waals surface area contributed by atoms with Gasteiger partial charge >= 0.3 is 12.4 Å². The molecule has 0 aliphatic carbocycles. The third kappa shape index (κ3) is 4.38. The van der Waals surface area contributed by atoms with Crippen molar-refractivity contribution < 1.29 is 39.6 Å². The number of benzene rings is 1. The lowest BCUT2D eigenvalue weighted by Gasteiger charge is -2.32. The highest BCUT2D eigenvalue weighted by Crippen LogP contribution is 2.49. The zero-order valence-electron chi connectivity index (χ0n) is 12.4. The normalized spacial score (nSPS) is 17.0. The first-order valence-corrected chi connectivity index (χ1v) is 8.41. The maximum atomic E-state index is 13.1. The van der Waals surface area contributed by atoms with Gasteiger partial charge in [0.2, 0.25) is 5.91 Å². The molecule has 2 atom stereocenters. The molecule has 2 N–H and O–H groups in total. The van der Waals surface area contributed by atoms with Crippen LogP contribution in [0.2, 0.25) is 0 Å². The number of nitrogens with two attached hydrogens (primary N) is 1. The summed E-state index contributed by atoms with van der Waals surface area (Å²) in [5, 5.41) is -2.24. The third-order valence-corrected chi connectivity index (χ3v) is 6.79. The largest absolute Gasteiger partial charge is 0.416 e. The SMILES string of the molecule is CC(C(N)=O)S(=O)(=O)C(Cl)(CC(F)(F)F)c1ccccc1C(F)(F)F. The highest BCUT2D eigenvalue weighted by molar-refractivity contribution is 7.95. The van der Waals surface area contributed by atoms with Crippen LogP contribution < -0.4 is 5.73 Å². The maximum Gasteiger partial charge on any atom is 0.416 e. The van der Waals surface area contributed by atoms with Crippen LogP contribution in [-0.2, 0) is 25.0 Å². The molecule has 0 radical (unpaired) electrons. The lowest BCUT2D eigenvalue weighted by atomic mass is 10.0. The third-order valence-electron chi connectivity index (χ3n) is 3.38. The van der Waals surface area contributed by atoms with Gasteiger partial charge in [0.1, 0.15) is 5.25 Å². The van der Waals surface area contributed by atoms with Crippen LogP contribution in [0.15, 0.2) is 24.3 Å². The predicted molar refractivity (Wildman–Crippen MR) is 77.2 cm³/mol. The molecule has 0 saturated carbocycles. The highest BCUT2D eigenvalue weighted by atomic mass is 35.5. The van der Waals surface area contributed by atoms with Crippen LogP contribution in [0.25, 0.3) is 0 Å². The van der Waals surface area contributed by atoms with Crippen molar-refractivity contribution in [1.82, 2.24) is 0 Å². The molecule has 0 aromatic heterocycles. The molecule has 0 fully saturated rings. The Balaban J connectivity index is 3.82. The summed E-state index contributed by atoms with van der Waals surface area (Å²) in [5.74, 6) is -1.54. The number of hydrogen-bond acceptors (Lipinski definition) is 3. The average Bonchev–Trinajstić information content (AvgIpc) is 2.43. The molecule has 142 valence electrons. The molecule has 1 aromatic carbocycles. The van der Waals surface area contributed by atoms with Crippen molar-refractivity contribution in [3.63, 3.8) is 0 Å². The fourth-order valence-electron chi connectivity index (χ4n) is 2.10. The zero-order valence-corrected chi connectivity index (χ0v) is 14.0. The lowest BCUT2D eigenvalue weighted by Crippen LogP contribution is -2.46. The van der Waals surface area contributed by atoms with Crippen molar-refractivity contribution in [1.29, 1.82) is 0 Å². The molecule has 1 rings (SSSR count). The number of sulfone groups is 1. The van der Waals surface area contributed by atoms with Gasteiger partial charge in [0.25, 0.3) is 0 Å². The molecule has 0 bridgehead atoms. The van der Waals surface area contributed by atoms with Gasteiger partial charge in [0, 0.05) is 5.56 Å². The van der Waals surface area contributed by atoms with Gasteiger partial charge in [0.15, 0.2) is 14.0 Å². The van der Waals surface area contributed by atoms with Crippen LogP contribution in [0.1, 0.15) is 24.5 Å². The molecule has 25 heavy (non-hydrogen) atoms. The van der Waals surface area contributed by atoms with Crippen molar-refractivity contribution in [3.8, 4) is 0 Å². The molecule has 1 amide bonds. The number of primary amides is 1. The van der Waals surface area contributed by atoms with Crippen LogP contribution in [0, 0.1) is 0 Å². The topological polar surface area (TPSA) is 77.2 Å². The number of hydrogen-bond donors (Lipinski definition) is 1. The minimum Gasteiger partial charge on any atom is -0.369 e. The van der Waals surface area contributed by atoms with Gasteiger partial charge in [-0.15, -0.1) is 0 Å². The first kappa shape index (κ1) is 21.6. The molecular weight excluding hydrogens is 400 g/mol. The maximum absolute atomic E-state index is 13.1. The second kappa shape index (κ2) is 6.67. The van der Waals surface area contributed by atoms with Crippen LogP contribution in [0.5, 0.6) is 0 Å². The van der Waals surface area contributed by atoms with E-state index >= 15 is 0 Å². The van der Waals surface area contributed by atoms with Gasteiger partial charge in [0.05, 0.1) is 12.0 Å². The average molecular weight is 412 g/mol. The first-order valence-electron chi connectivity index (χ1n) is 6.49. The van der Waals surface area contributed by atoms with E-state index in [1.807, 2.05) is 0 Å². The van der Waals surface area contributed by atoms with Gasteiger partial charge in [-0.2, -0.15) is 26.3 Å². The van der Waals surface area contributed by atoms with E-state index in [0.717, 1.165) is 12.1 Å². The van der Waals surface area contributed by atoms with E-state index in [0.29, 0.717) is 19.1 Å². The fraction of sp³-hybridized carbons (Fsp3) is 0.462. The summed E-state index contributed by atoms with van der Waals surface area (Å²) in [6.45, 7) is 0.654. The van der Waals surface area contributed by atoms with Crippen molar-refractivity contribution in [2.24, 2.45) is 5.73 Å². The number of halogens is 7. The molecule has 12 heteroatoms. The standard InChI is InChI=1S/C13H12ClF6NO3S/c1-7(10(21)22)25(23,24)11(14,6-12(15,16)17)8-4-2-3-5-9(8)13(18,19)20/h2-5,7H,6H2,1H3,(H2,21,22). The molecule has 0 aliphatic rings. The summed E-state index contributed by atoms with van der Waals surface area (Å²) in [4.78, 5) is 11.2. The molecule has 1 aromatic rings. The van der Waals surface area contributed by atoms with Gasteiger partial charge in [-0.25, -0.2) is 8.42 Å². The Morgan fingerprint density at radius 2 is 1.56 bits per heavy atom. The Kier molecular flexibility index (Phi) is 5.75. The summed E-state index contributed by atoms with van der Waals surface area (Å²) < 4.78 is 99.5. The number of rotatable bonds is 5. The van der Waals surface area contributed by atoms with E-state index in [9.17, 15) is 39.6 Å². The van der Waals surface area contributed by atoms with Crippen LogP contribution >= 0.6 is 11.6 Å². The molecule has 4 nitrogen and oxygen atoms in total. The minimum absolute atomic E-state index is 0.396. The second-order valence-electron chi connectivity index (χ2n) is 5.15. The second-order valence-corrected chi connectivity index (χ2v) is 8.52. The monoisotopic (exact) mass is 411 g/mol. The van der Waals surface area contributed by atoms with E-state index in [2.05, 4.69) is 0 Å². The Morgan fingerprint density at radius 3 is 1.92 bits per heavy atom. The number of carbonyl (C=O) groups is 1. The number of amides is 1. The number of carbonyl (C=O) groups excluding carboxylic acids is 1. The predicted octanol–water partition coefficient (Wildman–Crippen LogP) is 3.34. The van der Waals surface area contributed by atoms with Crippen molar-refractivity contribution in [2.75, 3.05) is 0 Å². The van der Waals surface area contributed by atoms with Crippen LogP contribution in [0.4, 0.5) is 26.3 Å². The fourth-order valence-corrected chi connectivity index (χ4v) is 4.53. The summed E-state index contributed by atoms with van der Waals surface area (Å²) in [7, 11) is -5.30. The molecule has 0 saturated heterocycles. The molecule has 0 aliphatic heterocycles. The van der Waals surface area contributed by atoms with E-state index < -0.39 is 55.1 Å². The smallest absolute Gasteiger partial charge is 0.369 e. The lowest BCUT2D eigenvalue weighted by molar-refractivity contribution is -0.143. The Labute approximate surface area is 143 Å². The Morgan fingerprint density at radius 1 is 1.12 bits per heavy atom. The minimum atomic E-state index is -5.30. The van der Waals surface area contributed by atoms with E-state index in [-0.39, 0.29) is 0 Å². The van der Waals surface area contributed by atoms with Gasteiger partial charge < -0.3 is 5.73 Å². The Bertz CT molecular complexity index is 762. The molecule has 2 unspecified atom stereocenters. The van der Waals surface area contributed by atoms with Crippen molar-refractivity contribution >= 4 is 27.3 Å². The van der Waals surface area contributed by atoms with Gasteiger partial charge in [-0.1, -0.05) is 29.8 Å². The van der Waals surface area contributed by atoms with Crippen LogP contribution in [-0.4, -0.2) is 25.8 Å². The van der Waals surface area contributed by atoms with Crippen LogP contribution in [0.3, 0.4) is 0 Å². The highest BCUT2D eigenvalue weighted by Gasteiger charge is 2.56. The zero-order chi connectivity index (χ0) is 19.8. The quantitative estimate of drug-likeness (QED) is 0.596. The van der Waals surface area contributed by atoms with E-state index in [1.54, 1.807) is 0 Å². The molecule has 0 spiro atoms. The molecular formula is C13H12ClF6NO3S. The Hall–Kier alpha value is -1.49.